The lowest BCUT2D eigenvalue weighted by Gasteiger charge is -2.31. The Hall–Kier alpha value is -2.79. The van der Waals surface area contributed by atoms with Crippen molar-refractivity contribution in [2.45, 2.75) is 19.5 Å². The summed E-state index contributed by atoms with van der Waals surface area (Å²) >= 11 is 5.68. The molecule has 0 radical (unpaired) electrons. The van der Waals surface area contributed by atoms with E-state index in [9.17, 15) is 23.2 Å². The van der Waals surface area contributed by atoms with Gasteiger partial charge < -0.3 is 0 Å². The highest BCUT2D eigenvalue weighted by Crippen LogP contribution is 2.37. The van der Waals surface area contributed by atoms with Crippen molar-refractivity contribution in [2.75, 3.05) is 17.3 Å². The van der Waals surface area contributed by atoms with Crippen molar-refractivity contribution in [3.8, 4) is 6.07 Å². The molecule has 1 aliphatic rings. The number of rotatable bonds is 3. The molecule has 1 aromatic carbocycles. The number of halogens is 4. The Morgan fingerprint density at radius 1 is 1.41 bits per heavy atom. The van der Waals surface area contributed by atoms with Crippen LogP contribution in [-0.2, 0) is 11.0 Å². The monoisotopic (exact) mass is 394 g/mol. The molecule has 0 atom stereocenters. The summed E-state index contributed by atoms with van der Waals surface area (Å²) in [5.41, 5.74) is 0.838. The van der Waals surface area contributed by atoms with Crippen LogP contribution in [0, 0.1) is 11.3 Å². The van der Waals surface area contributed by atoms with Crippen LogP contribution in [0.1, 0.15) is 30.0 Å². The highest BCUT2D eigenvalue weighted by atomic mass is 35.5. The van der Waals surface area contributed by atoms with Crippen LogP contribution in [0.3, 0.4) is 0 Å². The number of hydrogen-bond acceptors (Lipinski definition) is 3. The summed E-state index contributed by atoms with van der Waals surface area (Å²) in [5, 5.41) is 13.5. The van der Waals surface area contributed by atoms with E-state index in [-0.39, 0.29) is 23.8 Å². The van der Waals surface area contributed by atoms with Gasteiger partial charge in [-0.05, 0) is 24.1 Å². The maximum atomic E-state index is 13.1. The second kappa shape index (κ2) is 7.08. The molecule has 0 saturated heterocycles. The Kier molecular flexibility index (Phi) is 4.98. The molecular weight excluding hydrogens is 381 g/mol. The minimum atomic E-state index is -4.48. The first-order chi connectivity index (χ1) is 12.8. The summed E-state index contributed by atoms with van der Waals surface area (Å²) in [7, 11) is 0. The second-order valence-corrected chi connectivity index (χ2v) is 6.17. The maximum absolute atomic E-state index is 13.1. The average Bonchev–Trinajstić information content (AvgIpc) is 3.09. The average molecular weight is 395 g/mol. The van der Waals surface area contributed by atoms with E-state index in [1.54, 1.807) is 6.07 Å². The second-order valence-electron chi connectivity index (χ2n) is 5.90. The number of amides is 1. The van der Waals surface area contributed by atoms with E-state index in [0.717, 1.165) is 12.1 Å². The highest BCUT2D eigenvalue weighted by Gasteiger charge is 2.34. The summed E-state index contributed by atoms with van der Waals surface area (Å²) in [4.78, 5) is 13.6. The van der Waals surface area contributed by atoms with E-state index in [1.165, 1.54) is 21.8 Å². The number of carbonyl (C=O) groups excluding carboxylic acids is 1. The van der Waals surface area contributed by atoms with E-state index in [4.69, 9.17) is 11.6 Å². The van der Waals surface area contributed by atoms with E-state index in [0.29, 0.717) is 23.3 Å². The number of nitrogens with zero attached hydrogens (tertiary/aromatic N) is 4. The zero-order chi connectivity index (χ0) is 19.8. The number of hydrogen-bond donors (Lipinski definition) is 0. The van der Waals surface area contributed by atoms with E-state index in [1.807, 2.05) is 13.0 Å². The minimum absolute atomic E-state index is 0.133. The fourth-order valence-electron chi connectivity index (χ4n) is 3.06. The summed E-state index contributed by atoms with van der Waals surface area (Å²) in [6.07, 6.45) is -2.71. The molecular formula is C18H14ClF3N4O. The molecule has 1 amide bonds. The van der Waals surface area contributed by atoms with Crippen LogP contribution in [0.2, 0.25) is 0 Å². The van der Waals surface area contributed by atoms with Gasteiger partial charge >= 0.3 is 6.18 Å². The lowest BCUT2D eigenvalue weighted by molar-refractivity contribution is -0.137. The van der Waals surface area contributed by atoms with Gasteiger partial charge in [0.2, 0.25) is 5.91 Å². The van der Waals surface area contributed by atoms with Crippen molar-refractivity contribution in [1.29, 1.82) is 5.26 Å². The van der Waals surface area contributed by atoms with Crippen molar-refractivity contribution in [2.24, 2.45) is 0 Å². The van der Waals surface area contributed by atoms with Crippen molar-refractivity contribution >= 4 is 29.0 Å². The topological polar surface area (TPSA) is 61.9 Å². The zero-order valence-electron chi connectivity index (χ0n) is 14.2. The van der Waals surface area contributed by atoms with Crippen molar-refractivity contribution in [1.82, 2.24) is 9.78 Å². The van der Waals surface area contributed by atoms with Crippen molar-refractivity contribution < 1.29 is 18.0 Å². The molecule has 0 bridgehead atoms. The van der Waals surface area contributed by atoms with Gasteiger partial charge in [0.05, 0.1) is 24.0 Å². The molecule has 27 heavy (non-hydrogen) atoms. The molecule has 9 heteroatoms. The third kappa shape index (κ3) is 3.30. The Balaban J connectivity index is 2.24. The molecule has 2 aromatic rings. The fraction of sp³-hybridized carbons (Fsp3) is 0.278. The SMILES string of the molecule is CCC1=C(c2cccc(C(F)(F)F)c2)n2ncc(C#N)c2N(C(=O)CCl)C1. The molecule has 140 valence electrons. The van der Waals surface area contributed by atoms with Crippen LogP contribution in [0.5, 0.6) is 0 Å². The Morgan fingerprint density at radius 2 is 2.15 bits per heavy atom. The number of aromatic nitrogens is 2. The number of carbonyl (C=O) groups is 1. The van der Waals surface area contributed by atoms with Crippen LogP contribution in [0.25, 0.3) is 5.70 Å². The molecule has 0 N–H and O–H groups in total. The standard InChI is InChI=1S/C18H14ClF3N4O/c1-2-11-10-25(15(27)7-19)17-13(8-23)9-24-26(17)16(11)12-4-3-5-14(6-12)18(20,21)22/h3-6,9H,2,7,10H2,1H3. The molecule has 0 aliphatic carbocycles. The van der Waals surface area contributed by atoms with E-state index in [2.05, 4.69) is 5.10 Å². The number of fused-ring (bicyclic) bond motifs is 1. The van der Waals surface area contributed by atoms with Crippen LogP contribution >= 0.6 is 11.6 Å². The highest BCUT2D eigenvalue weighted by molar-refractivity contribution is 6.29. The molecule has 0 fully saturated rings. The van der Waals surface area contributed by atoms with Gasteiger partial charge in [-0.3, -0.25) is 9.69 Å². The zero-order valence-corrected chi connectivity index (χ0v) is 15.0. The van der Waals surface area contributed by atoms with Crippen LogP contribution in [-0.4, -0.2) is 28.1 Å². The Labute approximate surface area is 158 Å². The van der Waals surface area contributed by atoms with E-state index >= 15 is 0 Å². The van der Waals surface area contributed by atoms with Gasteiger partial charge in [0.1, 0.15) is 17.5 Å². The van der Waals surface area contributed by atoms with Crippen LogP contribution in [0.4, 0.5) is 19.0 Å². The Morgan fingerprint density at radius 3 is 2.74 bits per heavy atom. The number of nitriles is 1. The molecule has 0 unspecified atom stereocenters. The van der Waals surface area contributed by atoms with Gasteiger partial charge in [-0.15, -0.1) is 11.6 Å². The van der Waals surface area contributed by atoms with Gasteiger partial charge in [0.25, 0.3) is 0 Å². The van der Waals surface area contributed by atoms with Crippen molar-refractivity contribution in [3.05, 3.63) is 52.7 Å². The van der Waals surface area contributed by atoms with Gasteiger partial charge in [0.15, 0.2) is 5.82 Å². The first kappa shape index (κ1) is 19.0. The predicted octanol–water partition coefficient (Wildman–Crippen LogP) is 4.03. The summed E-state index contributed by atoms with van der Waals surface area (Å²) in [6.45, 7) is 1.97. The normalized spacial score (nSPS) is 14.1. The molecule has 1 aliphatic heterocycles. The molecule has 1 aromatic heterocycles. The van der Waals surface area contributed by atoms with Gasteiger partial charge in [-0.1, -0.05) is 19.1 Å². The number of benzene rings is 1. The predicted molar refractivity (Wildman–Crippen MR) is 94.1 cm³/mol. The Bertz CT molecular complexity index is 972. The van der Waals surface area contributed by atoms with Gasteiger partial charge in [-0.2, -0.15) is 23.5 Å². The summed E-state index contributed by atoms with van der Waals surface area (Å²) in [6, 6.07) is 6.87. The quantitative estimate of drug-likeness (QED) is 0.738. The molecule has 5 nitrogen and oxygen atoms in total. The first-order valence-electron chi connectivity index (χ1n) is 8.06. The third-order valence-corrected chi connectivity index (χ3v) is 4.55. The number of alkyl halides is 4. The third-order valence-electron chi connectivity index (χ3n) is 4.32. The van der Waals surface area contributed by atoms with Crippen molar-refractivity contribution in [3.63, 3.8) is 0 Å². The fourth-order valence-corrected chi connectivity index (χ4v) is 3.21. The summed E-state index contributed by atoms with van der Waals surface area (Å²) < 4.78 is 40.7. The van der Waals surface area contributed by atoms with Gasteiger partial charge in [0, 0.05) is 5.56 Å². The van der Waals surface area contributed by atoms with E-state index < -0.39 is 17.6 Å². The lowest BCUT2D eigenvalue weighted by Crippen LogP contribution is -2.39. The minimum Gasteiger partial charge on any atom is -0.290 e. The largest absolute Gasteiger partial charge is 0.416 e. The van der Waals surface area contributed by atoms with Crippen LogP contribution in [0.15, 0.2) is 36.0 Å². The maximum Gasteiger partial charge on any atom is 0.416 e. The first-order valence-corrected chi connectivity index (χ1v) is 8.59. The summed E-state index contributed by atoms with van der Waals surface area (Å²) in [5.74, 6) is -0.483. The molecule has 0 saturated carbocycles. The lowest BCUT2D eigenvalue weighted by atomic mass is 9.99. The number of anilines is 1. The smallest absolute Gasteiger partial charge is 0.290 e. The molecule has 0 spiro atoms. The molecule has 2 heterocycles. The van der Waals surface area contributed by atoms with Crippen LogP contribution < -0.4 is 4.90 Å². The molecule has 3 rings (SSSR count). The van der Waals surface area contributed by atoms with Gasteiger partial charge in [-0.25, -0.2) is 4.68 Å².